The zero-order valence-corrected chi connectivity index (χ0v) is 12.5. The molecule has 3 heterocycles. The maximum atomic E-state index is 11.9. The second kappa shape index (κ2) is 6.18. The van der Waals surface area contributed by atoms with Crippen LogP contribution in [0.15, 0.2) is 30.6 Å². The summed E-state index contributed by atoms with van der Waals surface area (Å²) < 4.78 is 1.85. The number of pyridine rings is 1. The molecule has 0 bridgehead atoms. The molecule has 2 aromatic heterocycles. The number of thioether (sulfide) groups is 1. The van der Waals surface area contributed by atoms with Gasteiger partial charge in [-0.25, -0.2) is 4.98 Å². The molecule has 0 spiro atoms. The topological polar surface area (TPSA) is 83.8 Å². The summed E-state index contributed by atoms with van der Waals surface area (Å²) in [5.41, 5.74) is 1.46. The van der Waals surface area contributed by atoms with Crippen LogP contribution in [0.3, 0.4) is 0 Å². The molecule has 1 aliphatic heterocycles. The van der Waals surface area contributed by atoms with Crippen molar-refractivity contribution in [2.45, 2.75) is 6.42 Å². The average molecular weight is 318 g/mol. The van der Waals surface area contributed by atoms with Crippen LogP contribution in [-0.2, 0) is 16.0 Å². The molecule has 8 heteroatoms. The van der Waals surface area contributed by atoms with Crippen molar-refractivity contribution in [1.29, 1.82) is 0 Å². The minimum atomic E-state index is -0.250. The van der Waals surface area contributed by atoms with Gasteiger partial charge in [0.05, 0.1) is 17.9 Å². The van der Waals surface area contributed by atoms with E-state index in [1.165, 1.54) is 0 Å². The Hall–Kier alpha value is -2.35. The predicted octanol–water partition coefficient (Wildman–Crippen LogP) is 0.688. The number of hydrogen-bond acceptors (Lipinski definition) is 5. The molecule has 1 fully saturated rings. The number of hydrogen-bond donors (Lipinski definition) is 1. The van der Waals surface area contributed by atoms with Gasteiger partial charge in [0.25, 0.3) is 5.24 Å². The van der Waals surface area contributed by atoms with Crippen molar-refractivity contribution in [2.24, 2.45) is 0 Å². The molecule has 0 radical (unpaired) electrons. The zero-order valence-electron chi connectivity index (χ0n) is 11.7. The number of nitrogens with one attached hydrogen (secondary N) is 1. The van der Waals surface area contributed by atoms with Gasteiger partial charge >= 0.3 is 0 Å². The predicted molar refractivity (Wildman–Crippen MR) is 81.5 cm³/mol. The number of nitrogens with zero attached hydrogens (tertiary/aromatic N) is 3. The third kappa shape index (κ3) is 3.11. The summed E-state index contributed by atoms with van der Waals surface area (Å²) in [5, 5.41) is 2.45. The first-order chi connectivity index (χ1) is 10.6. The van der Waals surface area contributed by atoms with Gasteiger partial charge in [-0.2, -0.15) is 0 Å². The molecule has 3 rings (SSSR count). The molecular formula is C14H14N4O3S. The molecule has 1 saturated heterocycles. The number of aromatic nitrogens is 2. The Morgan fingerprint density at radius 1 is 1.36 bits per heavy atom. The Kier molecular flexibility index (Phi) is 4.10. The van der Waals surface area contributed by atoms with Crippen LogP contribution in [0, 0.1) is 0 Å². The third-order valence-electron chi connectivity index (χ3n) is 3.25. The van der Waals surface area contributed by atoms with Gasteiger partial charge in [-0.15, -0.1) is 0 Å². The molecular weight excluding hydrogens is 304 g/mol. The first kappa shape index (κ1) is 14.6. The molecule has 0 aliphatic carbocycles. The van der Waals surface area contributed by atoms with Crippen molar-refractivity contribution in [3.8, 4) is 0 Å². The summed E-state index contributed by atoms with van der Waals surface area (Å²) in [5.74, 6) is -0.201. The van der Waals surface area contributed by atoms with E-state index in [9.17, 15) is 14.4 Å². The number of rotatable bonds is 5. The van der Waals surface area contributed by atoms with Gasteiger partial charge in [0.1, 0.15) is 5.65 Å². The molecule has 0 atom stereocenters. The Morgan fingerprint density at radius 3 is 2.95 bits per heavy atom. The van der Waals surface area contributed by atoms with Crippen LogP contribution in [0.25, 0.3) is 5.65 Å². The van der Waals surface area contributed by atoms with E-state index in [0.717, 1.165) is 22.3 Å². The first-order valence-corrected chi connectivity index (χ1v) is 7.78. The maximum Gasteiger partial charge on any atom is 0.288 e. The lowest BCUT2D eigenvalue weighted by Crippen LogP contribution is -2.37. The number of imidazole rings is 1. The van der Waals surface area contributed by atoms with Crippen molar-refractivity contribution in [1.82, 2.24) is 19.6 Å². The molecule has 0 saturated carbocycles. The molecule has 2 aromatic rings. The number of carbonyl (C=O) groups is 3. The zero-order chi connectivity index (χ0) is 15.5. The summed E-state index contributed by atoms with van der Waals surface area (Å²) in [7, 11) is 0. The summed E-state index contributed by atoms with van der Waals surface area (Å²) in [6.07, 6.45) is 3.84. The van der Waals surface area contributed by atoms with E-state index in [4.69, 9.17) is 0 Å². The first-order valence-electron chi connectivity index (χ1n) is 6.80. The lowest BCUT2D eigenvalue weighted by molar-refractivity contribution is -0.125. The van der Waals surface area contributed by atoms with Gasteiger partial charge in [-0.05, 0) is 12.1 Å². The van der Waals surface area contributed by atoms with E-state index < -0.39 is 0 Å². The normalized spacial score (nSPS) is 14.8. The summed E-state index contributed by atoms with van der Waals surface area (Å²) in [6, 6.07) is 5.64. The molecule has 7 nitrogen and oxygen atoms in total. The lowest BCUT2D eigenvalue weighted by Gasteiger charge is -2.12. The number of fused-ring (bicyclic) bond motifs is 1. The van der Waals surface area contributed by atoms with Gasteiger partial charge in [0, 0.05) is 25.5 Å². The highest BCUT2D eigenvalue weighted by Gasteiger charge is 2.29. The SMILES string of the molecule is O=C(Cc1cn2ccccc2n1)NCCN1C(=O)CSC1=O. The molecule has 114 valence electrons. The Labute approximate surface area is 130 Å². The van der Waals surface area contributed by atoms with Crippen molar-refractivity contribution in [3.05, 3.63) is 36.3 Å². The number of carbonyl (C=O) groups excluding carboxylic acids is 3. The van der Waals surface area contributed by atoms with Crippen LogP contribution in [0.5, 0.6) is 0 Å². The van der Waals surface area contributed by atoms with Gasteiger partial charge in [-0.3, -0.25) is 19.3 Å². The van der Waals surface area contributed by atoms with Gasteiger partial charge < -0.3 is 9.72 Å². The quantitative estimate of drug-likeness (QED) is 0.877. The van der Waals surface area contributed by atoms with Gasteiger partial charge in [0.15, 0.2) is 0 Å². The summed E-state index contributed by atoms with van der Waals surface area (Å²) >= 11 is 0.989. The third-order valence-corrected chi connectivity index (χ3v) is 4.11. The van der Waals surface area contributed by atoms with Crippen molar-refractivity contribution < 1.29 is 14.4 Å². The minimum Gasteiger partial charge on any atom is -0.354 e. The maximum absolute atomic E-state index is 11.9. The van der Waals surface area contributed by atoms with Crippen LogP contribution in [0.2, 0.25) is 0 Å². The number of amides is 3. The lowest BCUT2D eigenvalue weighted by atomic mass is 10.3. The summed E-state index contributed by atoms with van der Waals surface area (Å²) in [6.45, 7) is 0.464. The molecule has 0 unspecified atom stereocenters. The van der Waals surface area contributed by atoms with Gasteiger partial charge in [-0.1, -0.05) is 17.8 Å². The van der Waals surface area contributed by atoms with Crippen LogP contribution < -0.4 is 5.32 Å². The standard InChI is InChI=1S/C14H14N4O3S/c19-12(15-4-6-18-13(20)9-22-14(18)21)7-10-8-17-5-2-1-3-11(17)16-10/h1-3,5,8H,4,6-7,9H2,(H,15,19). The van der Waals surface area contributed by atoms with Crippen molar-refractivity contribution >= 4 is 34.5 Å². The second-order valence-electron chi connectivity index (χ2n) is 4.83. The van der Waals surface area contributed by atoms with Crippen LogP contribution in [-0.4, -0.2) is 50.2 Å². The molecule has 0 aromatic carbocycles. The Balaban J connectivity index is 1.50. The van der Waals surface area contributed by atoms with E-state index in [-0.39, 0.29) is 42.3 Å². The molecule has 3 amide bonds. The molecule has 1 aliphatic rings. The highest BCUT2D eigenvalue weighted by molar-refractivity contribution is 8.14. The van der Waals surface area contributed by atoms with Crippen LogP contribution in [0.4, 0.5) is 4.79 Å². The van der Waals surface area contributed by atoms with E-state index in [1.54, 1.807) is 6.20 Å². The Bertz CT molecular complexity index is 694. The highest BCUT2D eigenvalue weighted by atomic mass is 32.2. The smallest absolute Gasteiger partial charge is 0.288 e. The highest BCUT2D eigenvalue weighted by Crippen LogP contribution is 2.17. The van der Waals surface area contributed by atoms with Gasteiger partial charge in [0.2, 0.25) is 11.8 Å². The van der Waals surface area contributed by atoms with E-state index in [1.807, 2.05) is 28.8 Å². The fraction of sp³-hybridized carbons (Fsp3) is 0.286. The molecule has 1 N–H and O–H groups in total. The van der Waals surface area contributed by atoms with Crippen molar-refractivity contribution in [3.63, 3.8) is 0 Å². The fourth-order valence-corrected chi connectivity index (χ4v) is 2.96. The molecule has 22 heavy (non-hydrogen) atoms. The van der Waals surface area contributed by atoms with Crippen molar-refractivity contribution in [2.75, 3.05) is 18.8 Å². The van der Waals surface area contributed by atoms with E-state index >= 15 is 0 Å². The fourth-order valence-electron chi connectivity index (χ4n) is 2.20. The second-order valence-corrected chi connectivity index (χ2v) is 5.75. The monoisotopic (exact) mass is 318 g/mol. The van der Waals surface area contributed by atoms with E-state index in [2.05, 4.69) is 10.3 Å². The Morgan fingerprint density at radius 2 is 2.23 bits per heavy atom. The van der Waals surface area contributed by atoms with Crippen LogP contribution in [0.1, 0.15) is 5.69 Å². The van der Waals surface area contributed by atoms with E-state index in [0.29, 0.717) is 5.69 Å². The minimum absolute atomic E-state index is 0.165. The number of imide groups is 1. The average Bonchev–Trinajstić information content (AvgIpc) is 3.03. The van der Waals surface area contributed by atoms with Crippen LogP contribution >= 0.6 is 11.8 Å². The summed E-state index contributed by atoms with van der Waals surface area (Å²) in [4.78, 5) is 40.2. The largest absolute Gasteiger partial charge is 0.354 e.